The second-order valence-corrected chi connectivity index (χ2v) is 8.30. The molecule has 1 heterocycles. The smallest absolute Gasteiger partial charge is 0.325 e. The van der Waals surface area contributed by atoms with E-state index in [4.69, 9.17) is 4.74 Å². The van der Waals surface area contributed by atoms with Gasteiger partial charge in [-0.15, -0.1) is 0 Å². The van der Waals surface area contributed by atoms with E-state index in [0.717, 1.165) is 17.7 Å². The maximum absolute atomic E-state index is 13.2. The first-order valence-electron chi connectivity index (χ1n) is 9.11. The molecule has 5 nitrogen and oxygen atoms in total. The van der Waals surface area contributed by atoms with E-state index in [9.17, 15) is 9.59 Å². The van der Waals surface area contributed by atoms with Gasteiger partial charge in [-0.3, -0.25) is 9.69 Å². The number of para-hydroxylation sites is 1. The summed E-state index contributed by atoms with van der Waals surface area (Å²) in [6.45, 7) is 9.23. The van der Waals surface area contributed by atoms with Crippen molar-refractivity contribution in [3.05, 3.63) is 29.8 Å². The molecule has 1 saturated heterocycles. The van der Waals surface area contributed by atoms with E-state index in [1.54, 1.807) is 0 Å². The minimum Gasteiger partial charge on any atom is -0.494 e. The van der Waals surface area contributed by atoms with E-state index >= 15 is 0 Å². The largest absolute Gasteiger partial charge is 0.494 e. The third kappa shape index (κ3) is 3.37. The Hall–Kier alpha value is -2.04. The monoisotopic (exact) mass is 344 g/mol. The summed E-state index contributed by atoms with van der Waals surface area (Å²) in [7, 11) is 0. The van der Waals surface area contributed by atoms with Crippen LogP contribution in [0.2, 0.25) is 0 Å². The van der Waals surface area contributed by atoms with Crippen molar-refractivity contribution in [2.75, 3.05) is 6.61 Å². The molecule has 1 aromatic carbocycles. The number of carbonyl (C=O) groups excluding carboxylic acids is 2. The molecule has 3 amide bonds. The molecule has 2 unspecified atom stereocenters. The summed E-state index contributed by atoms with van der Waals surface area (Å²) in [6.07, 6.45) is 2.48. The highest BCUT2D eigenvalue weighted by Crippen LogP contribution is 2.46. The van der Waals surface area contributed by atoms with Gasteiger partial charge < -0.3 is 10.1 Å². The van der Waals surface area contributed by atoms with Crippen molar-refractivity contribution in [2.24, 2.45) is 11.3 Å². The molecule has 1 spiro atoms. The number of amides is 3. The number of rotatable bonds is 4. The molecule has 0 radical (unpaired) electrons. The Morgan fingerprint density at radius 3 is 2.64 bits per heavy atom. The van der Waals surface area contributed by atoms with Gasteiger partial charge >= 0.3 is 6.03 Å². The SMILES string of the molecule is CCOc1ccccc1CN1C(=O)NC2(CC(C)CC(C)(C)C2)C1=O. The number of hydrogen-bond acceptors (Lipinski definition) is 3. The van der Waals surface area contributed by atoms with Crippen molar-refractivity contribution in [1.29, 1.82) is 0 Å². The van der Waals surface area contributed by atoms with E-state index in [0.29, 0.717) is 25.4 Å². The molecule has 3 rings (SSSR count). The zero-order valence-electron chi connectivity index (χ0n) is 15.6. The molecule has 5 heteroatoms. The van der Waals surface area contributed by atoms with Crippen LogP contribution in [-0.2, 0) is 11.3 Å². The normalized spacial score (nSPS) is 28.3. The number of hydrogen-bond donors (Lipinski definition) is 1. The van der Waals surface area contributed by atoms with Crippen molar-refractivity contribution >= 4 is 11.9 Å². The van der Waals surface area contributed by atoms with Gasteiger partial charge in [0.1, 0.15) is 11.3 Å². The van der Waals surface area contributed by atoms with Crippen molar-refractivity contribution in [3.8, 4) is 5.75 Å². The fourth-order valence-electron chi connectivity index (χ4n) is 4.75. The van der Waals surface area contributed by atoms with Crippen LogP contribution in [0.5, 0.6) is 5.75 Å². The van der Waals surface area contributed by atoms with Crippen LogP contribution in [0.1, 0.15) is 52.5 Å². The zero-order valence-corrected chi connectivity index (χ0v) is 15.6. The first kappa shape index (κ1) is 17.8. The first-order chi connectivity index (χ1) is 11.8. The Morgan fingerprint density at radius 1 is 1.24 bits per heavy atom. The Balaban J connectivity index is 1.85. The van der Waals surface area contributed by atoms with Crippen molar-refractivity contribution in [3.63, 3.8) is 0 Å². The highest BCUT2D eigenvalue weighted by atomic mass is 16.5. The second kappa shape index (κ2) is 6.36. The lowest BCUT2D eigenvalue weighted by molar-refractivity contribution is -0.135. The van der Waals surface area contributed by atoms with Crippen LogP contribution in [0.25, 0.3) is 0 Å². The second-order valence-electron chi connectivity index (χ2n) is 8.30. The fraction of sp³-hybridized carbons (Fsp3) is 0.600. The third-order valence-corrected chi connectivity index (χ3v) is 5.23. The Morgan fingerprint density at radius 2 is 1.96 bits per heavy atom. The summed E-state index contributed by atoms with van der Waals surface area (Å²) >= 11 is 0. The highest BCUT2D eigenvalue weighted by Gasteiger charge is 2.56. The van der Waals surface area contributed by atoms with Crippen LogP contribution in [-0.4, -0.2) is 29.0 Å². The van der Waals surface area contributed by atoms with Gasteiger partial charge in [0, 0.05) is 5.56 Å². The van der Waals surface area contributed by atoms with E-state index in [1.165, 1.54) is 4.90 Å². The average Bonchev–Trinajstić information content (AvgIpc) is 2.71. The predicted molar refractivity (Wildman–Crippen MR) is 96.2 cm³/mol. The van der Waals surface area contributed by atoms with Gasteiger partial charge in [-0.25, -0.2) is 4.79 Å². The molecular formula is C20H28N2O3. The molecule has 2 atom stereocenters. The number of imide groups is 1. The van der Waals surface area contributed by atoms with E-state index < -0.39 is 5.54 Å². The molecule has 1 aromatic rings. The third-order valence-electron chi connectivity index (χ3n) is 5.23. The molecule has 1 aliphatic carbocycles. The minimum atomic E-state index is -0.751. The van der Waals surface area contributed by atoms with Crippen molar-refractivity contribution < 1.29 is 14.3 Å². The molecule has 25 heavy (non-hydrogen) atoms. The number of ether oxygens (including phenoxy) is 1. The Kier molecular flexibility index (Phi) is 4.52. The highest BCUT2D eigenvalue weighted by molar-refractivity contribution is 6.07. The molecule has 0 aromatic heterocycles. The number of nitrogens with zero attached hydrogens (tertiary/aromatic N) is 1. The molecule has 1 aliphatic heterocycles. The maximum Gasteiger partial charge on any atom is 0.325 e. The summed E-state index contributed by atoms with van der Waals surface area (Å²) in [5.41, 5.74) is 0.145. The molecule has 0 bridgehead atoms. The summed E-state index contributed by atoms with van der Waals surface area (Å²) in [4.78, 5) is 27.2. The van der Waals surface area contributed by atoms with Gasteiger partial charge in [-0.1, -0.05) is 39.0 Å². The number of urea groups is 1. The van der Waals surface area contributed by atoms with Crippen LogP contribution < -0.4 is 10.1 Å². The average molecular weight is 344 g/mol. The minimum absolute atomic E-state index is 0.0415. The molecule has 2 aliphatic rings. The number of carbonyl (C=O) groups is 2. The van der Waals surface area contributed by atoms with Gasteiger partial charge in [0.15, 0.2) is 0 Å². The van der Waals surface area contributed by atoms with Crippen LogP contribution in [0.15, 0.2) is 24.3 Å². The number of benzene rings is 1. The van der Waals surface area contributed by atoms with Crippen LogP contribution in [0.3, 0.4) is 0 Å². The lowest BCUT2D eigenvalue weighted by Gasteiger charge is -2.43. The molecule has 1 N–H and O–H groups in total. The van der Waals surface area contributed by atoms with E-state index in [-0.39, 0.29) is 23.9 Å². The first-order valence-corrected chi connectivity index (χ1v) is 9.11. The summed E-state index contributed by atoms with van der Waals surface area (Å²) < 4.78 is 5.64. The van der Waals surface area contributed by atoms with Gasteiger partial charge in [0.05, 0.1) is 13.2 Å². The summed E-state index contributed by atoms with van der Waals surface area (Å²) in [5, 5.41) is 3.02. The van der Waals surface area contributed by atoms with Crippen molar-refractivity contribution in [2.45, 2.75) is 59.0 Å². The van der Waals surface area contributed by atoms with E-state index in [1.807, 2.05) is 31.2 Å². The molecular weight excluding hydrogens is 316 g/mol. The number of nitrogens with one attached hydrogen (secondary N) is 1. The lowest BCUT2D eigenvalue weighted by atomic mass is 9.64. The van der Waals surface area contributed by atoms with Crippen LogP contribution >= 0.6 is 0 Å². The van der Waals surface area contributed by atoms with Gasteiger partial charge in [-0.05, 0) is 43.6 Å². The predicted octanol–water partition coefficient (Wildman–Crippen LogP) is 3.72. The topological polar surface area (TPSA) is 58.6 Å². The van der Waals surface area contributed by atoms with Gasteiger partial charge in [-0.2, -0.15) is 0 Å². The standard InChI is InChI=1S/C20H28N2O3/c1-5-25-16-9-7-6-8-15(16)12-22-17(23)20(21-18(22)24)11-14(2)10-19(3,4)13-20/h6-9,14H,5,10-13H2,1-4H3,(H,21,24). The fourth-order valence-corrected chi connectivity index (χ4v) is 4.75. The lowest BCUT2D eigenvalue weighted by Crippen LogP contribution is -2.54. The Labute approximate surface area is 149 Å². The molecule has 136 valence electrons. The van der Waals surface area contributed by atoms with Gasteiger partial charge in [0.25, 0.3) is 5.91 Å². The molecule has 2 fully saturated rings. The quantitative estimate of drug-likeness (QED) is 0.847. The summed E-state index contributed by atoms with van der Waals surface area (Å²) in [6, 6.07) is 7.29. The van der Waals surface area contributed by atoms with Crippen LogP contribution in [0.4, 0.5) is 4.79 Å². The van der Waals surface area contributed by atoms with E-state index in [2.05, 4.69) is 26.1 Å². The van der Waals surface area contributed by atoms with Crippen LogP contribution in [0, 0.1) is 11.3 Å². The molecule has 1 saturated carbocycles. The zero-order chi connectivity index (χ0) is 18.2. The van der Waals surface area contributed by atoms with Crippen molar-refractivity contribution in [1.82, 2.24) is 10.2 Å². The van der Waals surface area contributed by atoms with Gasteiger partial charge in [0.2, 0.25) is 0 Å². The summed E-state index contributed by atoms with van der Waals surface area (Å²) in [5.74, 6) is 1.04. The Bertz CT molecular complexity index is 685. The maximum atomic E-state index is 13.2.